The van der Waals surface area contributed by atoms with E-state index < -0.39 is 23.3 Å². The Kier molecular flexibility index (Phi) is 9.78. The van der Waals surface area contributed by atoms with Gasteiger partial charge in [0, 0.05) is 6.61 Å². The molecule has 0 heterocycles. The lowest BCUT2D eigenvalue weighted by atomic mass is 9.63. The Bertz CT molecular complexity index is 1060. The fourth-order valence-corrected chi connectivity index (χ4v) is 6.93. The quantitative estimate of drug-likeness (QED) is 0.223. The van der Waals surface area contributed by atoms with Crippen LogP contribution in [-0.2, 0) is 4.74 Å². The summed E-state index contributed by atoms with van der Waals surface area (Å²) in [5, 5.41) is 0. The summed E-state index contributed by atoms with van der Waals surface area (Å²) in [4.78, 5) is 0. The molecule has 2 aromatic carbocycles. The summed E-state index contributed by atoms with van der Waals surface area (Å²) in [6.45, 7) is 7.28. The lowest BCUT2D eigenvalue weighted by molar-refractivity contribution is -0.122. The zero-order valence-corrected chi connectivity index (χ0v) is 23.0. The van der Waals surface area contributed by atoms with Crippen molar-refractivity contribution in [2.45, 2.75) is 102 Å². The summed E-state index contributed by atoms with van der Waals surface area (Å²) in [5.41, 5.74) is 0.634. The number of rotatable bonds is 10. The van der Waals surface area contributed by atoms with E-state index in [0.29, 0.717) is 30.3 Å². The van der Waals surface area contributed by atoms with Crippen molar-refractivity contribution in [3.05, 3.63) is 64.7 Å². The number of unbranched alkanes of at least 4 members (excludes halogenated alkanes) is 1. The van der Waals surface area contributed by atoms with E-state index in [1.807, 2.05) is 13.8 Å². The molecule has 0 aromatic heterocycles. The summed E-state index contributed by atoms with van der Waals surface area (Å²) in [7, 11) is 0. The topological polar surface area (TPSA) is 18.5 Å². The average Bonchev–Trinajstić information content (AvgIpc) is 2.93. The molecule has 2 aliphatic carbocycles. The van der Waals surface area contributed by atoms with Gasteiger partial charge in [-0.05, 0) is 112 Å². The average molecular weight is 535 g/mol. The van der Waals surface area contributed by atoms with Crippen molar-refractivity contribution in [3.8, 4) is 5.75 Å². The maximum Gasteiger partial charge on any atom is 0.200 e. The van der Waals surface area contributed by atoms with Gasteiger partial charge in [0.1, 0.15) is 0 Å². The van der Waals surface area contributed by atoms with E-state index in [1.54, 1.807) is 24.3 Å². The fraction of sp³-hybridized carbons (Fsp3) is 0.625. The second-order valence-electron chi connectivity index (χ2n) is 11.3. The first-order valence-corrected chi connectivity index (χ1v) is 14.5. The Balaban J connectivity index is 1.39. The van der Waals surface area contributed by atoms with Gasteiger partial charge in [0.2, 0.25) is 5.82 Å². The van der Waals surface area contributed by atoms with Crippen molar-refractivity contribution in [1.82, 2.24) is 0 Å². The zero-order valence-electron chi connectivity index (χ0n) is 23.0. The summed E-state index contributed by atoms with van der Waals surface area (Å²) in [6.07, 6.45) is 8.34. The van der Waals surface area contributed by atoms with E-state index in [9.17, 15) is 17.6 Å². The van der Waals surface area contributed by atoms with Crippen molar-refractivity contribution in [2.24, 2.45) is 11.8 Å². The largest absolute Gasteiger partial charge is 0.490 e. The molecular weight excluding hydrogens is 492 g/mol. The van der Waals surface area contributed by atoms with Gasteiger partial charge in [-0.2, -0.15) is 4.39 Å². The Morgan fingerprint density at radius 3 is 2.13 bits per heavy atom. The Labute approximate surface area is 225 Å². The monoisotopic (exact) mass is 534 g/mol. The van der Waals surface area contributed by atoms with Crippen LogP contribution in [0.2, 0.25) is 0 Å². The van der Waals surface area contributed by atoms with Crippen LogP contribution in [0.1, 0.15) is 108 Å². The highest BCUT2D eigenvalue weighted by Gasteiger charge is 2.45. The molecule has 1 atom stereocenters. The smallest absolute Gasteiger partial charge is 0.200 e. The molecule has 4 rings (SSSR count). The van der Waals surface area contributed by atoms with Gasteiger partial charge in [0.05, 0.1) is 12.2 Å². The van der Waals surface area contributed by atoms with Crippen molar-refractivity contribution in [3.63, 3.8) is 0 Å². The summed E-state index contributed by atoms with van der Waals surface area (Å²) < 4.78 is 69.7. The molecule has 2 aromatic rings. The van der Waals surface area contributed by atoms with Crippen LogP contribution in [0.3, 0.4) is 0 Å². The van der Waals surface area contributed by atoms with Gasteiger partial charge in [-0.3, -0.25) is 0 Å². The molecule has 0 N–H and O–H groups in total. The Morgan fingerprint density at radius 1 is 0.816 bits per heavy atom. The predicted molar refractivity (Wildman–Crippen MR) is 143 cm³/mol. The van der Waals surface area contributed by atoms with Gasteiger partial charge in [-0.1, -0.05) is 38.5 Å². The molecule has 1 unspecified atom stereocenters. The standard InChI is InChI=1S/C32H42F4O2/c1-4-6-20-37-28-15-14-26(30(35)31(28)36)23-12-10-22(11-13-23)21(3)32(38-5-2)18-16-24(17-19-32)25-8-7-9-27(33)29(25)34/h7-9,14-15,21-24H,4-6,10-13,16-20H2,1-3H3. The molecule has 38 heavy (non-hydrogen) atoms. The maximum absolute atomic E-state index is 15.0. The number of halogens is 4. The van der Waals surface area contributed by atoms with Crippen molar-refractivity contribution in [1.29, 1.82) is 0 Å². The normalized spacial score (nSPS) is 26.8. The van der Waals surface area contributed by atoms with E-state index in [2.05, 4.69) is 6.92 Å². The third kappa shape index (κ3) is 6.05. The molecule has 2 saturated carbocycles. The predicted octanol–water partition coefficient (Wildman–Crippen LogP) is 9.46. The van der Waals surface area contributed by atoms with Crippen molar-refractivity contribution >= 4 is 0 Å². The molecule has 0 bridgehead atoms. The van der Waals surface area contributed by atoms with Gasteiger partial charge in [-0.25, -0.2) is 13.2 Å². The zero-order chi connectivity index (χ0) is 27.3. The molecule has 0 amide bonds. The van der Waals surface area contributed by atoms with Crippen molar-refractivity contribution < 1.29 is 27.0 Å². The van der Waals surface area contributed by atoms with Crippen molar-refractivity contribution in [2.75, 3.05) is 13.2 Å². The lowest BCUT2D eigenvalue weighted by Gasteiger charge is -2.48. The molecule has 2 nitrogen and oxygen atoms in total. The summed E-state index contributed by atoms with van der Waals surface area (Å²) in [6, 6.07) is 7.72. The first-order valence-electron chi connectivity index (χ1n) is 14.5. The Morgan fingerprint density at radius 2 is 1.47 bits per heavy atom. The number of hydrogen-bond donors (Lipinski definition) is 0. The maximum atomic E-state index is 15.0. The van der Waals surface area contributed by atoms with E-state index in [0.717, 1.165) is 64.2 Å². The minimum Gasteiger partial charge on any atom is -0.490 e. The van der Waals surface area contributed by atoms with Crippen LogP contribution in [0.5, 0.6) is 5.75 Å². The van der Waals surface area contributed by atoms with Crippen LogP contribution in [0, 0.1) is 35.1 Å². The molecule has 0 saturated heterocycles. The first-order chi connectivity index (χ1) is 18.3. The van der Waals surface area contributed by atoms with E-state index in [1.165, 1.54) is 6.07 Å². The molecule has 0 aliphatic heterocycles. The molecule has 2 aliphatic rings. The van der Waals surface area contributed by atoms with Gasteiger partial charge >= 0.3 is 0 Å². The van der Waals surface area contributed by atoms with Crippen LogP contribution in [0.15, 0.2) is 30.3 Å². The first kappa shape index (κ1) is 28.9. The van der Waals surface area contributed by atoms with Gasteiger partial charge in [0.15, 0.2) is 23.2 Å². The lowest BCUT2D eigenvalue weighted by Crippen LogP contribution is -2.46. The van der Waals surface area contributed by atoms with Crippen LogP contribution in [0.4, 0.5) is 17.6 Å². The molecule has 2 fully saturated rings. The van der Waals surface area contributed by atoms with Crippen LogP contribution >= 0.6 is 0 Å². The molecular formula is C32H42F4O2. The van der Waals surface area contributed by atoms with Crippen LogP contribution < -0.4 is 4.74 Å². The SMILES string of the molecule is CCCCOc1ccc(C2CCC(C(C)C3(OCC)CCC(c4cccc(F)c4F)CC3)CC2)c(F)c1F. The van der Waals surface area contributed by atoms with E-state index in [-0.39, 0.29) is 29.1 Å². The molecule has 0 spiro atoms. The van der Waals surface area contributed by atoms with Crippen LogP contribution in [0.25, 0.3) is 0 Å². The highest BCUT2D eigenvalue weighted by molar-refractivity contribution is 5.33. The van der Waals surface area contributed by atoms with E-state index in [4.69, 9.17) is 9.47 Å². The second kappa shape index (κ2) is 12.8. The van der Waals surface area contributed by atoms with Gasteiger partial charge in [-0.15, -0.1) is 0 Å². The Hall–Kier alpha value is -2.08. The van der Waals surface area contributed by atoms with Gasteiger partial charge < -0.3 is 9.47 Å². The van der Waals surface area contributed by atoms with E-state index >= 15 is 0 Å². The molecule has 0 radical (unpaired) electrons. The number of benzene rings is 2. The minimum atomic E-state index is -0.879. The minimum absolute atomic E-state index is 0.00519. The summed E-state index contributed by atoms with van der Waals surface area (Å²) >= 11 is 0. The highest BCUT2D eigenvalue weighted by atomic mass is 19.2. The molecule has 6 heteroatoms. The second-order valence-corrected chi connectivity index (χ2v) is 11.3. The number of ether oxygens (including phenoxy) is 2. The fourth-order valence-electron chi connectivity index (χ4n) is 6.93. The summed E-state index contributed by atoms with van der Waals surface area (Å²) in [5.74, 6) is -2.47. The van der Waals surface area contributed by atoms with Crippen LogP contribution in [-0.4, -0.2) is 18.8 Å². The highest BCUT2D eigenvalue weighted by Crippen LogP contribution is 2.50. The third-order valence-corrected chi connectivity index (χ3v) is 9.27. The molecule has 210 valence electrons. The third-order valence-electron chi connectivity index (χ3n) is 9.27. The number of hydrogen-bond acceptors (Lipinski definition) is 2. The van der Waals surface area contributed by atoms with Gasteiger partial charge in [0.25, 0.3) is 0 Å².